The van der Waals surface area contributed by atoms with Crippen molar-refractivity contribution in [1.29, 1.82) is 0 Å². The summed E-state index contributed by atoms with van der Waals surface area (Å²) in [6.45, 7) is -0.128. The molecule has 0 unspecified atom stereocenters. The zero-order chi connectivity index (χ0) is 24.7. The Bertz CT molecular complexity index is 1400. The van der Waals surface area contributed by atoms with Crippen molar-refractivity contribution < 1.29 is 18.7 Å². The van der Waals surface area contributed by atoms with E-state index in [0.29, 0.717) is 18.1 Å². The Kier molecular flexibility index (Phi) is 6.90. The Labute approximate surface area is 210 Å². The van der Waals surface area contributed by atoms with Gasteiger partial charge in [-0.25, -0.2) is 9.78 Å². The van der Waals surface area contributed by atoms with Crippen molar-refractivity contribution in [2.45, 2.75) is 6.42 Å². The normalized spacial score (nSPS) is 10.7. The molecule has 0 saturated heterocycles. The molecule has 0 aliphatic carbocycles. The first kappa shape index (κ1) is 23.1. The lowest BCUT2D eigenvalue weighted by atomic mass is 9.99. The van der Waals surface area contributed by atoms with Gasteiger partial charge in [0, 0.05) is 16.7 Å². The molecule has 5 heteroatoms. The monoisotopic (exact) mass is 475 g/mol. The predicted molar refractivity (Wildman–Crippen MR) is 140 cm³/mol. The second-order valence-corrected chi connectivity index (χ2v) is 8.27. The van der Waals surface area contributed by atoms with Crippen LogP contribution in [0.4, 0.5) is 0 Å². The van der Waals surface area contributed by atoms with Gasteiger partial charge in [-0.2, -0.15) is 0 Å². The van der Waals surface area contributed by atoms with Crippen LogP contribution >= 0.6 is 0 Å². The van der Waals surface area contributed by atoms with Crippen molar-refractivity contribution in [3.63, 3.8) is 0 Å². The highest BCUT2D eigenvalue weighted by molar-refractivity contribution is 5.79. The maximum Gasteiger partial charge on any atom is 0.343 e. The van der Waals surface area contributed by atoms with Crippen molar-refractivity contribution >= 4 is 5.97 Å². The summed E-state index contributed by atoms with van der Waals surface area (Å²) in [5.41, 5.74) is 5.83. The standard InChI is InChI=1S/C31H25NO4/c1-34-28(33)21-35-26-17-10-11-22(20-26)19-25-16-8-9-18-27(25)31-32-29(23-12-4-2-5-13-23)30(36-31)24-14-6-3-7-15-24/h2-18,20H,19,21H2,1H3. The molecule has 0 bridgehead atoms. The van der Waals surface area contributed by atoms with Gasteiger partial charge in [0.05, 0.1) is 7.11 Å². The highest BCUT2D eigenvalue weighted by Crippen LogP contribution is 2.37. The number of carbonyl (C=O) groups is 1. The van der Waals surface area contributed by atoms with Crippen LogP contribution in [0.3, 0.4) is 0 Å². The second kappa shape index (κ2) is 10.7. The molecule has 0 N–H and O–H groups in total. The SMILES string of the molecule is COC(=O)COc1cccc(Cc2ccccc2-c2nc(-c3ccccc3)c(-c3ccccc3)o2)c1. The number of esters is 1. The Morgan fingerprint density at radius 1 is 0.806 bits per heavy atom. The number of hydrogen-bond acceptors (Lipinski definition) is 5. The van der Waals surface area contributed by atoms with E-state index in [1.165, 1.54) is 7.11 Å². The summed E-state index contributed by atoms with van der Waals surface area (Å²) in [4.78, 5) is 16.4. The summed E-state index contributed by atoms with van der Waals surface area (Å²) in [5.74, 6) is 1.51. The molecule has 36 heavy (non-hydrogen) atoms. The van der Waals surface area contributed by atoms with Crippen LogP contribution in [0.2, 0.25) is 0 Å². The number of ether oxygens (including phenoxy) is 2. The summed E-state index contributed by atoms with van der Waals surface area (Å²) < 4.78 is 16.7. The summed E-state index contributed by atoms with van der Waals surface area (Å²) in [5, 5.41) is 0. The lowest BCUT2D eigenvalue weighted by Crippen LogP contribution is -2.12. The molecular formula is C31H25NO4. The number of oxazole rings is 1. The third-order valence-corrected chi connectivity index (χ3v) is 5.84. The van der Waals surface area contributed by atoms with Crippen molar-refractivity contribution in [1.82, 2.24) is 4.98 Å². The van der Waals surface area contributed by atoms with Crippen molar-refractivity contribution in [2.75, 3.05) is 13.7 Å². The van der Waals surface area contributed by atoms with Gasteiger partial charge < -0.3 is 13.9 Å². The lowest BCUT2D eigenvalue weighted by Gasteiger charge is -2.09. The van der Waals surface area contributed by atoms with Gasteiger partial charge in [0.25, 0.3) is 0 Å². The van der Waals surface area contributed by atoms with Crippen LogP contribution in [-0.4, -0.2) is 24.7 Å². The van der Waals surface area contributed by atoms with Crippen molar-refractivity contribution in [3.05, 3.63) is 120 Å². The number of aromatic nitrogens is 1. The quantitative estimate of drug-likeness (QED) is 0.231. The van der Waals surface area contributed by atoms with Gasteiger partial charge in [0.15, 0.2) is 12.4 Å². The zero-order valence-electron chi connectivity index (χ0n) is 19.9. The molecule has 0 aliphatic heterocycles. The average molecular weight is 476 g/mol. The number of carbonyl (C=O) groups excluding carboxylic acids is 1. The molecule has 178 valence electrons. The summed E-state index contributed by atoms with van der Waals surface area (Å²) in [6.07, 6.45) is 0.648. The molecule has 4 aromatic carbocycles. The molecule has 0 fully saturated rings. The molecule has 5 nitrogen and oxygen atoms in total. The van der Waals surface area contributed by atoms with E-state index in [2.05, 4.69) is 10.8 Å². The Balaban J connectivity index is 1.50. The van der Waals surface area contributed by atoms with Crippen LogP contribution in [0, 0.1) is 0 Å². The van der Waals surface area contributed by atoms with Gasteiger partial charge in [-0.15, -0.1) is 0 Å². The van der Waals surface area contributed by atoms with E-state index >= 15 is 0 Å². The minimum absolute atomic E-state index is 0.128. The van der Waals surface area contributed by atoms with Crippen molar-refractivity contribution in [2.24, 2.45) is 0 Å². The topological polar surface area (TPSA) is 61.6 Å². The number of benzene rings is 4. The maximum absolute atomic E-state index is 11.4. The van der Waals surface area contributed by atoms with E-state index < -0.39 is 5.97 Å². The Morgan fingerprint density at radius 3 is 2.25 bits per heavy atom. The first-order chi connectivity index (χ1) is 17.7. The second-order valence-electron chi connectivity index (χ2n) is 8.27. The smallest absolute Gasteiger partial charge is 0.343 e. The molecule has 0 aliphatic rings. The van der Waals surface area contributed by atoms with Gasteiger partial charge in [-0.3, -0.25) is 0 Å². The van der Waals surface area contributed by atoms with Gasteiger partial charge in [0.1, 0.15) is 11.4 Å². The highest BCUT2D eigenvalue weighted by atomic mass is 16.6. The number of hydrogen-bond donors (Lipinski definition) is 0. The van der Waals surface area contributed by atoms with E-state index in [9.17, 15) is 4.79 Å². The van der Waals surface area contributed by atoms with Gasteiger partial charge in [0.2, 0.25) is 5.89 Å². The summed E-state index contributed by atoms with van der Waals surface area (Å²) >= 11 is 0. The van der Waals surface area contributed by atoms with Gasteiger partial charge in [-0.05, 0) is 35.7 Å². The number of methoxy groups -OCH3 is 1. The first-order valence-corrected chi connectivity index (χ1v) is 11.7. The summed E-state index contributed by atoms with van der Waals surface area (Å²) in [6, 6.07) is 35.9. The van der Waals surface area contributed by atoms with E-state index in [-0.39, 0.29) is 6.61 Å². The van der Waals surface area contributed by atoms with E-state index in [0.717, 1.165) is 39.3 Å². The molecule has 0 spiro atoms. The van der Waals surface area contributed by atoms with E-state index in [1.807, 2.05) is 103 Å². The number of rotatable bonds is 8. The Hall–Kier alpha value is -4.64. The molecule has 0 amide bonds. The molecule has 0 saturated carbocycles. The van der Waals surface area contributed by atoms with E-state index in [4.69, 9.17) is 14.1 Å². The van der Waals surface area contributed by atoms with Gasteiger partial charge in [-0.1, -0.05) is 91.0 Å². The fraction of sp³-hybridized carbons (Fsp3) is 0.0968. The van der Waals surface area contributed by atoms with Crippen LogP contribution in [0.25, 0.3) is 34.0 Å². The molecule has 0 atom stereocenters. The first-order valence-electron chi connectivity index (χ1n) is 11.7. The fourth-order valence-electron chi connectivity index (χ4n) is 4.06. The minimum Gasteiger partial charge on any atom is -0.482 e. The largest absolute Gasteiger partial charge is 0.482 e. The van der Waals surface area contributed by atoms with Crippen molar-refractivity contribution in [3.8, 4) is 39.8 Å². The predicted octanol–water partition coefficient (Wildman–Crippen LogP) is 6.82. The highest BCUT2D eigenvalue weighted by Gasteiger charge is 2.19. The molecule has 5 rings (SSSR count). The fourth-order valence-corrected chi connectivity index (χ4v) is 4.06. The molecule has 1 heterocycles. The van der Waals surface area contributed by atoms with Crippen LogP contribution in [0.15, 0.2) is 114 Å². The maximum atomic E-state index is 11.4. The Morgan fingerprint density at radius 2 is 1.50 bits per heavy atom. The minimum atomic E-state index is -0.418. The summed E-state index contributed by atoms with van der Waals surface area (Å²) in [7, 11) is 1.34. The van der Waals surface area contributed by atoms with Crippen LogP contribution in [0.5, 0.6) is 5.75 Å². The average Bonchev–Trinajstić information content (AvgIpc) is 3.39. The third-order valence-electron chi connectivity index (χ3n) is 5.84. The lowest BCUT2D eigenvalue weighted by molar-refractivity contribution is -0.142. The van der Waals surface area contributed by atoms with Crippen LogP contribution in [-0.2, 0) is 16.0 Å². The van der Waals surface area contributed by atoms with Gasteiger partial charge >= 0.3 is 5.97 Å². The number of nitrogens with zero attached hydrogens (tertiary/aromatic N) is 1. The molecule has 0 radical (unpaired) electrons. The third kappa shape index (κ3) is 5.20. The van der Waals surface area contributed by atoms with E-state index in [1.54, 1.807) is 0 Å². The molecular weight excluding hydrogens is 450 g/mol. The molecule has 5 aromatic rings. The zero-order valence-corrected chi connectivity index (χ0v) is 19.9. The molecule has 1 aromatic heterocycles. The van der Waals surface area contributed by atoms with Crippen LogP contribution in [0.1, 0.15) is 11.1 Å². The van der Waals surface area contributed by atoms with Crippen LogP contribution < -0.4 is 4.74 Å².